The summed E-state index contributed by atoms with van der Waals surface area (Å²) in [4.78, 5) is 19.2. The highest BCUT2D eigenvalue weighted by molar-refractivity contribution is 5.76. The van der Waals surface area contributed by atoms with E-state index in [0.29, 0.717) is 12.3 Å². The normalized spacial score (nSPS) is 17.2. The van der Waals surface area contributed by atoms with Crippen molar-refractivity contribution in [1.29, 1.82) is 0 Å². The van der Waals surface area contributed by atoms with Crippen LogP contribution in [0.4, 0.5) is 0 Å². The molecule has 1 aromatic carbocycles. The largest absolute Gasteiger partial charge is 0.337 e. The standard InChI is InChI=1S/C22H31N3O2/c1-2-3-5-16-21(26)25-17-9-8-14-19(25)22-23-20(24-27-22)15-10-13-18-11-6-4-7-12-18/h4,6-7,11-12,19H,2-3,5,8-10,13-17H2,1H3. The lowest BCUT2D eigenvalue weighted by atomic mass is 10.0. The van der Waals surface area contributed by atoms with Crippen LogP contribution in [0.15, 0.2) is 34.9 Å². The maximum atomic E-state index is 12.6. The third-order valence-corrected chi connectivity index (χ3v) is 5.29. The van der Waals surface area contributed by atoms with E-state index in [1.165, 1.54) is 5.56 Å². The molecule has 1 atom stereocenters. The molecule has 27 heavy (non-hydrogen) atoms. The molecular weight excluding hydrogens is 338 g/mol. The summed E-state index contributed by atoms with van der Waals surface area (Å²) in [6.45, 7) is 2.97. The lowest BCUT2D eigenvalue weighted by molar-refractivity contribution is -0.135. The van der Waals surface area contributed by atoms with E-state index in [1.807, 2.05) is 11.0 Å². The first-order chi connectivity index (χ1) is 13.3. The van der Waals surface area contributed by atoms with Crippen LogP contribution in [0.3, 0.4) is 0 Å². The van der Waals surface area contributed by atoms with Crippen LogP contribution >= 0.6 is 0 Å². The van der Waals surface area contributed by atoms with Crippen LogP contribution < -0.4 is 0 Å². The van der Waals surface area contributed by atoms with Crippen molar-refractivity contribution in [2.24, 2.45) is 0 Å². The quantitative estimate of drug-likeness (QED) is 0.591. The number of aromatic nitrogens is 2. The van der Waals surface area contributed by atoms with Gasteiger partial charge >= 0.3 is 0 Å². The second-order valence-corrected chi connectivity index (χ2v) is 7.44. The van der Waals surface area contributed by atoms with Crippen LogP contribution in [0.2, 0.25) is 0 Å². The van der Waals surface area contributed by atoms with Crippen molar-refractivity contribution in [3.63, 3.8) is 0 Å². The first-order valence-corrected chi connectivity index (χ1v) is 10.4. The van der Waals surface area contributed by atoms with Gasteiger partial charge in [-0.25, -0.2) is 0 Å². The molecule has 2 aromatic rings. The molecule has 0 aliphatic carbocycles. The van der Waals surface area contributed by atoms with E-state index in [2.05, 4.69) is 41.3 Å². The van der Waals surface area contributed by atoms with Crippen molar-refractivity contribution >= 4 is 5.91 Å². The van der Waals surface area contributed by atoms with Gasteiger partial charge in [0.25, 0.3) is 0 Å². The topological polar surface area (TPSA) is 59.2 Å². The van der Waals surface area contributed by atoms with E-state index in [9.17, 15) is 4.79 Å². The van der Waals surface area contributed by atoms with Crippen LogP contribution in [-0.2, 0) is 17.6 Å². The number of piperidine rings is 1. The molecule has 1 unspecified atom stereocenters. The third-order valence-electron chi connectivity index (χ3n) is 5.29. The molecule has 0 radical (unpaired) electrons. The molecule has 1 aliphatic heterocycles. The van der Waals surface area contributed by atoms with Crippen molar-refractivity contribution < 1.29 is 9.32 Å². The van der Waals surface area contributed by atoms with E-state index in [1.54, 1.807) is 0 Å². The average molecular weight is 370 g/mol. The Labute approximate surface area is 162 Å². The number of hydrogen-bond acceptors (Lipinski definition) is 4. The third kappa shape index (κ3) is 5.65. The molecule has 5 heteroatoms. The van der Waals surface area contributed by atoms with E-state index < -0.39 is 0 Å². The number of unbranched alkanes of at least 4 members (excludes halogenated alkanes) is 2. The Morgan fingerprint density at radius 1 is 1.15 bits per heavy atom. The number of benzene rings is 1. The molecule has 0 N–H and O–H groups in total. The minimum absolute atomic E-state index is 0.0387. The van der Waals surface area contributed by atoms with Gasteiger partial charge in [-0.05, 0) is 44.1 Å². The van der Waals surface area contributed by atoms with Crippen molar-refractivity contribution in [3.05, 3.63) is 47.6 Å². The van der Waals surface area contributed by atoms with E-state index in [-0.39, 0.29) is 11.9 Å². The maximum Gasteiger partial charge on any atom is 0.249 e. The van der Waals surface area contributed by atoms with Gasteiger partial charge in [0.2, 0.25) is 11.8 Å². The van der Waals surface area contributed by atoms with Crippen LogP contribution in [-0.4, -0.2) is 27.5 Å². The van der Waals surface area contributed by atoms with Gasteiger partial charge in [-0.1, -0.05) is 55.3 Å². The molecular formula is C22H31N3O2. The van der Waals surface area contributed by atoms with E-state index >= 15 is 0 Å². The van der Waals surface area contributed by atoms with Gasteiger partial charge in [-0.2, -0.15) is 4.98 Å². The average Bonchev–Trinajstić information content (AvgIpc) is 3.18. The molecule has 1 fully saturated rings. The van der Waals surface area contributed by atoms with Crippen LogP contribution in [0, 0.1) is 0 Å². The van der Waals surface area contributed by atoms with E-state index in [0.717, 1.165) is 70.2 Å². The first-order valence-electron chi connectivity index (χ1n) is 10.4. The second kappa shape index (κ2) is 10.2. The molecule has 1 aromatic heterocycles. The molecule has 1 saturated heterocycles. The Balaban J connectivity index is 1.55. The fraction of sp³-hybridized carbons (Fsp3) is 0.591. The van der Waals surface area contributed by atoms with Crippen molar-refractivity contribution in [1.82, 2.24) is 15.0 Å². The Hall–Kier alpha value is -2.17. The summed E-state index contributed by atoms with van der Waals surface area (Å²) < 4.78 is 5.56. The SMILES string of the molecule is CCCCCC(=O)N1CCCCC1c1nc(CCCc2ccccc2)no1. The summed E-state index contributed by atoms with van der Waals surface area (Å²) in [7, 11) is 0. The van der Waals surface area contributed by atoms with Gasteiger partial charge in [0.05, 0.1) is 0 Å². The molecule has 3 rings (SSSR count). The monoisotopic (exact) mass is 369 g/mol. The summed E-state index contributed by atoms with van der Waals surface area (Å²) >= 11 is 0. The number of rotatable bonds is 9. The molecule has 1 amide bonds. The number of hydrogen-bond donors (Lipinski definition) is 0. The van der Waals surface area contributed by atoms with Crippen LogP contribution in [0.5, 0.6) is 0 Å². The lowest BCUT2D eigenvalue weighted by Gasteiger charge is -2.33. The summed E-state index contributed by atoms with van der Waals surface area (Å²) in [6, 6.07) is 10.4. The van der Waals surface area contributed by atoms with Crippen LogP contribution in [0.1, 0.15) is 81.6 Å². The fourth-order valence-corrected chi connectivity index (χ4v) is 3.76. The summed E-state index contributed by atoms with van der Waals surface area (Å²) in [5.41, 5.74) is 1.33. The molecule has 0 spiro atoms. The Bertz CT molecular complexity index is 699. The van der Waals surface area contributed by atoms with Crippen molar-refractivity contribution in [2.45, 2.75) is 77.2 Å². The van der Waals surface area contributed by atoms with Gasteiger partial charge in [0, 0.05) is 19.4 Å². The van der Waals surface area contributed by atoms with Gasteiger partial charge < -0.3 is 9.42 Å². The molecule has 0 bridgehead atoms. The predicted octanol–water partition coefficient (Wildman–Crippen LogP) is 4.88. The molecule has 0 saturated carbocycles. The zero-order chi connectivity index (χ0) is 18.9. The highest BCUT2D eigenvalue weighted by atomic mass is 16.5. The minimum Gasteiger partial charge on any atom is -0.337 e. The second-order valence-electron chi connectivity index (χ2n) is 7.44. The number of aryl methyl sites for hydroxylation is 2. The highest BCUT2D eigenvalue weighted by Crippen LogP contribution is 2.30. The number of amides is 1. The predicted molar refractivity (Wildman–Crippen MR) is 105 cm³/mol. The number of carbonyl (C=O) groups is 1. The Morgan fingerprint density at radius 3 is 2.81 bits per heavy atom. The zero-order valence-electron chi connectivity index (χ0n) is 16.4. The van der Waals surface area contributed by atoms with Gasteiger partial charge in [0.1, 0.15) is 6.04 Å². The van der Waals surface area contributed by atoms with Crippen LogP contribution in [0.25, 0.3) is 0 Å². The number of carbonyl (C=O) groups excluding carboxylic acids is 1. The summed E-state index contributed by atoms with van der Waals surface area (Å²) in [6.07, 6.45) is 9.73. The van der Waals surface area contributed by atoms with E-state index in [4.69, 9.17) is 4.52 Å². The number of likely N-dealkylation sites (tertiary alicyclic amines) is 1. The smallest absolute Gasteiger partial charge is 0.249 e. The van der Waals surface area contributed by atoms with Gasteiger partial charge in [-0.3, -0.25) is 4.79 Å². The Kier molecular flexibility index (Phi) is 7.43. The molecule has 146 valence electrons. The van der Waals surface area contributed by atoms with Crippen molar-refractivity contribution in [2.75, 3.05) is 6.54 Å². The number of nitrogens with zero attached hydrogens (tertiary/aromatic N) is 3. The van der Waals surface area contributed by atoms with Crippen molar-refractivity contribution in [3.8, 4) is 0 Å². The Morgan fingerprint density at radius 2 is 2.00 bits per heavy atom. The summed E-state index contributed by atoms with van der Waals surface area (Å²) in [5.74, 6) is 1.61. The van der Waals surface area contributed by atoms with Gasteiger partial charge in [-0.15, -0.1) is 0 Å². The molecule has 5 nitrogen and oxygen atoms in total. The van der Waals surface area contributed by atoms with Gasteiger partial charge in [0.15, 0.2) is 5.82 Å². The summed E-state index contributed by atoms with van der Waals surface area (Å²) in [5, 5.41) is 4.17. The fourth-order valence-electron chi connectivity index (χ4n) is 3.76. The highest BCUT2D eigenvalue weighted by Gasteiger charge is 2.31. The molecule has 1 aliphatic rings. The first kappa shape index (κ1) is 19.6. The zero-order valence-corrected chi connectivity index (χ0v) is 16.4. The minimum atomic E-state index is -0.0387. The molecule has 2 heterocycles. The lowest BCUT2D eigenvalue weighted by Crippen LogP contribution is -2.38. The maximum absolute atomic E-state index is 12.6.